The topological polar surface area (TPSA) is 46.0 Å². The smallest absolute Gasteiger partial charge is 0.383 e. The molecule has 2 heterocycles. The van der Waals surface area contributed by atoms with E-state index in [4.69, 9.17) is 11.6 Å². The van der Waals surface area contributed by atoms with Gasteiger partial charge in [-0.3, -0.25) is 4.98 Å². The molecule has 0 aliphatic carbocycles. The van der Waals surface area contributed by atoms with Gasteiger partial charge in [-0.1, -0.05) is 23.7 Å². The summed E-state index contributed by atoms with van der Waals surface area (Å²) in [7, 11) is 0. The first kappa shape index (κ1) is 14.7. The number of nitrogens with zero attached hydrogens (tertiary/aromatic N) is 2. The highest BCUT2D eigenvalue weighted by atomic mass is 35.5. The Bertz CT molecular complexity index is 631. The van der Waals surface area contributed by atoms with Crippen molar-refractivity contribution in [2.45, 2.75) is 19.2 Å². The van der Waals surface area contributed by atoms with Crippen molar-refractivity contribution in [2.24, 2.45) is 0 Å². The molecule has 0 aliphatic rings. The average molecular weight is 303 g/mol. The van der Waals surface area contributed by atoms with E-state index >= 15 is 0 Å². The predicted molar refractivity (Wildman–Crippen MR) is 67.3 cm³/mol. The minimum absolute atomic E-state index is 0.104. The second-order valence-corrected chi connectivity index (χ2v) is 4.63. The van der Waals surface area contributed by atoms with Gasteiger partial charge in [0.05, 0.1) is 0 Å². The molecule has 0 bridgehead atoms. The van der Waals surface area contributed by atoms with E-state index in [1.807, 2.05) is 0 Å². The Hall–Kier alpha value is -1.66. The Balaban J connectivity index is 2.38. The molecule has 3 nitrogen and oxygen atoms in total. The zero-order valence-corrected chi connectivity index (χ0v) is 11.1. The van der Waals surface area contributed by atoms with Gasteiger partial charge in [-0.2, -0.15) is 13.2 Å². The number of aryl methyl sites for hydroxylation is 1. The van der Waals surface area contributed by atoms with Crippen molar-refractivity contribution in [3.05, 3.63) is 58.1 Å². The highest BCUT2D eigenvalue weighted by molar-refractivity contribution is 6.30. The average Bonchev–Trinajstić information content (AvgIpc) is 2.36. The fourth-order valence-electron chi connectivity index (χ4n) is 1.71. The third-order valence-corrected chi connectivity index (χ3v) is 2.98. The Morgan fingerprint density at radius 1 is 1.25 bits per heavy atom. The number of pyridine rings is 2. The lowest BCUT2D eigenvalue weighted by Gasteiger charge is -2.14. The van der Waals surface area contributed by atoms with Crippen molar-refractivity contribution in [2.75, 3.05) is 0 Å². The molecule has 7 heteroatoms. The van der Waals surface area contributed by atoms with Gasteiger partial charge in [0.25, 0.3) is 0 Å². The van der Waals surface area contributed by atoms with Crippen LogP contribution in [0.1, 0.15) is 28.5 Å². The van der Waals surface area contributed by atoms with Crippen LogP contribution >= 0.6 is 11.6 Å². The Morgan fingerprint density at radius 3 is 2.50 bits per heavy atom. The molecule has 0 amide bonds. The maximum Gasteiger partial charge on any atom is 0.433 e. The van der Waals surface area contributed by atoms with E-state index in [1.54, 1.807) is 19.2 Å². The molecular formula is C13H10ClF3N2O. The molecule has 0 saturated carbocycles. The highest BCUT2D eigenvalue weighted by Gasteiger charge is 2.33. The molecule has 0 aromatic carbocycles. The van der Waals surface area contributed by atoms with Crippen molar-refractivity contribution in [1.29, 1.82) is 0 Å². The molecule has 2 rings (SSSR count). The fourth-order valence-corrected chi connectivity index (χ4v) is 1.97. The van der Waals surface area contributed by atoms with Crippen LogP contribution in [0.2, 0.25) is 5.15 Å². The normalized spacial score (nSPS) is 13.3. The molecule has 1 atom stereocenters. The largest absolute Gasteiger partial charge is 0.433 e. The number of hydrogen-bond donors (Lipinski definition) is 1. The predicted octanol–water partition coefficient (Wildman–Crippen LogP) is 3.54. The van der Waals surface area contributed by atoms with E-state index in [0.717, 1.165) is 17.7 Å². The zero-order chi connectivity index (χ0) is 14.9. The van der Waals surface area contributed by atoms with E-state index in [1.165, 1.54) is 6.20 Å². The summed E-state index contributed by atoms with van der Waals surface area (Å²) >= 11 is 5.73. The lowest BCUT2D eigenvalue weighted by Crippen LogP contribution is -2.10. The third kappa shape index (κ3) is 3.08. The summed E-state index contributed by atoms with van der Waals surface area (Å²) in [6, 6.07) is 3.57. The summed E-state index contributed by atoms with van der Waals surface area (Å²) < 4.78 is 37.4. The number of hydrogen-bond acceptors (Lipinski definition) is 3. The Labute approximate surface area is 118 Å². The molecule has 20 heavy (non-hydrogen) atoms. The summed E-state index contributed by atoms with van der Waals surface area (Å²) in [5.74, 6) is 0. The van der Waals surface area contributed by atoms with E-state index in [9.17, 15) is 18.3 Å². The van der Waals surface area contributed by atoms with E-state index in [-0.39, 0.29) is 10.7 Å². The van der Waals surface area contributed by atoms with Crippen molar-refractivity contribution in [3.8, 4) is 0 Å². The van der Waals surface area contributed by atoms with Gasteiger partial charge in [-0.25, -0.2) is 4.98 Å². The van der Waals surface area contributed by atoms with Crippen LogP contribution in [0.3, 0.4) is 0 Å². The lowest BCUT2D eigenvalue weighted by atomic mass is 10.0. The van der Waals surface area contributed by atoms with Crippen LogP contribution in [0.5, 0.6) is 0 Å². The molecule has 1 unspecified atom stereocenters. The lowest BCUT2D eigenvalue weighted by molar-refractivity contribution is -0.141. The second-order valence-electron chi connectivity index (χ2n) is 4.27. The SMILES string of the molecule is Cc1cncc(C(O)c2ccc(C(F)(F)F)nc2Cl)c1. The van der Waals surface area contributed by atoms with Crippen molar-refractivity contribution in [1.82, 2.24) is 9.97 Å². The summed E-state index contributed by atoms with van der Waals surface area (Å²) in [4.78, 5) is 7.19. The van der Waals surface area contributed by atoms with Gasteiger partial charge in [-0.05, 0) is 18.6 Å². The molecule has 0 aliphatic heterocycles. The molecule has 0 fully saturated rings. The number of halogens is 4. The standard InChI is InChI=1S/C13H10ClF3N2O/c1-7-4-8(6-18-5-7)11(20)9-2-3-10(13(15,16)17)19-12(9)14/h2-6,11,20H,1H3. The van der Waals surface area contributed by atoms with Crippen LogP contribution in [-0.4, -0.2) is 15.1 Å². The van der Waals surface area contributed by atoms with E-state index in [0.29, 0.717) is 5.56 Å². The van der Waals surface area contributed by atoms with Gasteiger partial charge in [0.15, 0.2) is 0 Å². The molecule has 0 radical (unpaired) electrons. The maximum atomic E-state index is 12.5. The summed E-state index contributed by atoms with van der Waals surface area (Å²) in [5.41, 5.74) is 0.263. The number of rotatable bonds is 2. The Morgan fingerprint density at radius 2 is 1.95 bits per heavy atom. The minimum Gasteiger partial charge on any atom is -0.383 e. The van der Waals surface area contributed by atoms with Gasteiger partial charge in [0.1, 0.15) is 17.0 Å². The van der Waals surface area contributed by atoms with Crippen molar-refractivity contribution >= 4 is 11.6 Å². The summed E-state index contributed by atoms with van der Waals surface area (Å²) in [6.07, 6.45) is -2.73. The number of aromatic nitrogens is 2. The molecule has 2 aromatic rings. The van der Waals surface area contributed by atoms with E-state index in [2.05, 4.69) is 9.97 Å². The molecule has 1 N–H and O–H groups in total. The van der Waals surface area contributed by atoms with Crippen molar-refractivity contribution < 1.29 is 18.3 Å². The second kappa shape index (κ2) is 5.38. The van der Waals surface area contributed by atoms with Crippen LogP contribution in [0.15, 0.2) is 30.6 Å². The Kier molecular flexibility index (Phi) is 3.96. The monoisotopic (exact) mass is 302 g/mol. The number of aliphatic hydroxyl groups is 1. The van der Waals surface area contributed by atoms with Gasteiger partial charge in [-0.15, -0.1) is 0 Å². The number of aliphatic hydroxyl groups excluding tert-OH is 1. The van der Waals surface area contributed by atoms with Crippen LogP contribution in [-0.2, 0) is 6.18 Å². The van der Waals surface area contributed by atoms with Crippen LogP contribution in [0, 0.1) is 6.92 Å². The van der Waals surface area contributed by atoms with Crippen LogP contribution in [0.4, 0.5) is 13.2 Å². The van der Waals surface area contributed by atoms with Gasteiger partial charge < -0.3 is 5.11 Å². The maximum absolute atomic E-state index is 12.5. The van der Waals surface area contributed by atoms with Gasteiger partial charge >= 0.3 is 6.18 Å². The quantitative estimate of drug-likeness (QED) is 0.863. The molecule has 0 spiro atoms. The van der Waals surface area contributed by atoms with E-state index < -0.39 is 18.0 Å². The van der Waals surface area contributed by atoms with Crippen LogP contribution in [0.25, 0.3) is 0 Å². The first-order valence-electron chi connectivity index (χ1n) is 5.62. The van der Waals surface area contributed by atoms with Crippen molar-refractivity contribution in [3.63, 3.8) is 0 Å². The zero-order valence-electron chi connectivity index (χ0n) is 10.3. The van der Waals surface area contributed by atoms with Gasteiger partial charge in [0, 0.05) is 23.5 Å². The summed E-state index contributed by atoms with van der Waals surface area (Å²) in [5, 5.41) is 9.76. The van der Waals surface area contributed by atoms with Gasteiger partial charge in [0.2, 0.25) is 0 Å². The first-order chi connectivity index (χ1) is 9.29. The number of alkyl halides is 3. The fraction of sp³-hybridized carbons (Fsp3) is 0.231. The van der Waals surface area contributed by atoms with Crippen LogP contribution < -0.4 is 0 Å². The minimum atomic E-state index is -4.57. The molecule has 2 aromatic heterocycles. The molecule has 0 saturated heterocycles. The molecule has 106 valence electrons. The first-order valence-corrected chi connectivity index (χ1v) is 6.00. The summed E-state index contributed by atoms with van der Waals surface area (Å²) in [6.45, 7) is 1.79. The third-order valence-electron chi connectivity index (χ3n) is 2.67. The molecular weight excluding hydrogens is 293 g/mol. The highest BCUT2D eigenvalue weighted by Crippen LogP contribution is 2.32.